The number of aliphatic hydroxyl groups excluding tert-OH is 1. The second-order valence-electron chi connectivity index (χ2n) is 16.5. The Morgan fingerprint density at radius 1 is 0.765 bits per heavy atom. The fraction of sp³-hybridized carbons (Fsp3) is 0.409. The third-order valence-electron chi connectivity index (χ3n) is 11.7. The van der Waals surface area contributed by atoms with Gasteiger partial charge in [-0.05, 0) is 76.1 Å². The van der Waals surface area contributed by atoms with E-state index in [9.17, 15) is 14.7 Å². The molecule has 0 radical (unpaired) electrons. The first-order valence-corrected chi connectivity index (χ1v) is 18.4. The molecule has 3 heterocycles. The Hall–Kier alpha value is -4.14. The van der Waals surface area contributed by atoms with Gasteiger partial charge < -0.3 is 14.6 Å². The summed E-state index contributed by atoms with van der Waals surface area (Å²) < 4.78 is 13.7. The number of hydrogen-bond acceptors (Lipinski definition) is 6. The zero-order valence-electron chi connectivity index (χ0n) is 30.0. The number of fused-ring (bicyclic) bond motifs is 3. The van der Waals surface area contributed by atoms with Crippen LogP contribution in [-0.4, -0.2) is 52.0 Å². The first-order valence-electron chi connectivity index (χ1n) is 18.4. The average molecular weight is 685 g/mol. The third kappa shape index (κ3) is 6.57. The van der Waals surface area contributed by atoms with Crippen molar-refractivity contribution in [1.29, 1.82) is 0 Å². The summed E-state index contributed by atoms with van der Waals surface area (Å²) in [5.41, 5.74) is 7.48. The van der Waals surface area contributed by atoms with E-state index < -0.39 is 6.29 Å². The molecule has 1 N–H and O–H groups in total. The normalized spacial score (nSPS) is 28.6. The van der Waals surface area contributed by atoms with E-state index in [1.165, 1.54) is 24.2 Å². The van der Waals surface area contributed by atoms with Crippen molar-refractivity contribution in [2.45, 2.75) is 84.6 Å². The molecule has 2 bridgehead atoms. The minimum absolute atomic E-state index is 0.0131. The Kier molecular flexibility index (Phi) is 8.74. The SMILES string of the molecule is CC1C(CN2CC3(C)CC2CC(C)(C)C3)OC(c2ccc(-c3cccc(CN4C(=O)c5ccccc5C4=O)c3)cc2)OC1c1ccc(CO)cc1. The summed E-state index contributed by atoms with van der Waals surface area (Å²) in [6, 6.07) is 32.1. The molecule has 2 saturated heterocycles. The highest BCUT2D eigenvalue weighted by Gasteiger charge is 2.51. The summed E-state index contributed by atoms with van der Waals surface area (Å²) in [5, 5.41) is 9.67. The van der Waals surface area contributed by atoms with E-state index in [2.05, 4.69) is 69.0 Å². The minimum atomic E-state index is -0.531. The maximum Gasteiger partial charge on any atom is 0.261 e. The number of rotatable bonds is 8. The van der Waals surface area contributed by atoms with Crippen LogP contribution in [0.1, 0.15) is 102 Å². The zero-order chi connectivity index (χ0) is 35.5. The molecular formula is C44H48N2O5. The first-order chi connectivity index (χ1) is 24.5. The molecule has 264 valence electrons. The molecule has 8 rings (SSSR count). The molecule has 6 atom stereocenters. The van der Waals surface area contributed by atoms with Crippen molar-refractivity contribution in [2.24, 2.45) is 16.7 Å². The van der Waals surface area contributed by atoms with Crippen LogP contribution in [0, 0.1) is 16.7 Å². The molecule has 0 aromatic heterocycles. The van der Waals surface area contributed by atoms with Gasteiger partial charge in [-0.15, -0.1) is 0 Å². The van der Waals surface area contributed by atoms with E-state index in [-0.39, 0.29) is 43.1 Å². The Labute approximate surface area is 301 Å². The van der Waals surface area contributed by atoms with Crippen molar-refractivity contribution in [3.05, 3.63) is 130 Å². The lowest BCUT2D eigenvalue weighted by molar-refractivity contribution is -0.276. The molecule has 2 amide bonds. The predicted octanol–water partition coefficient (Wildman–Crippen LogP) is 8.33. The molecule has 3 aliphatic heterocycles. The van der Waals surface area contributed by atoms with Crippen LogP contribution in [0.15, 0.2) is 97.1 Å². The van der Waals surface area contributed by atoms with E-state index in [1.54, 1.807) is 24.3 Å². The summed E-state index contributed by atoms with van der Waals surface area (Å²) in [6.45, 7) is 11.8. The van der Waals surface area contributed by atoms with Gasteiger partial charge in [0.2, 0.25) is 0 Å². The zero-order valence-corrected chi connectivity index (χ0v) is 30.0. The van der Waals surface area contributed by atoms with Crippen molar-refractivity contribution in [3.8, 4) is 11.1 Å². The summed E-state index contributed by atoms with van der Waals surface area (Å²) in [5.74, 6) is -0.371. The van der Waals surface area contributed by atoms with Crippen LogP contribution in [0.25, 0.3) is 11.1 Å². The van der Waals surface area contributed by atoms with Crippen molar-refractivity contribution >= 4 is 11.8 Å². The molecule has 4 aromatic rings. The molecule has 1 saturated carbocycles. The molecule has 51 heavy (non-hydrogen) atoms. The number of aliphatic hydroxyl groups is 1. The third-order valence-corrected chi connectivity index (χ3v) is 11.7. The number of carbonyl (C=O) groups is 2. The van der Waals surface area contributed by atoms with Crippen molar-refractivity contribution in [1.82, 2.24) is 9.80 Å². The van der Waals surface area contributed by atoms with Crippen LogP contribution in [-0.2, 0) is 22.6 Å². The van der Waals surface area contributed by atoms with Gasteiger partial charge in [-0.25, -0.2) is 0 Å². The summed E-state index contributed by atoms with van der Waals surface area (Å²) in [6.07, 6.45) is 3.03. The standard InChI is InChI=1S/C44H48N2O5/c1-28-38(24-45-27-44(4)22-35(45)21-43(2,3)26-44)50-42(51-39(28)32-14-12-29(25-47)13-15-32)33-18-16-31(17-19-33)34-9-7-8-30(20-34)23-46-40(48)36-10-5-6-11-37(36)41(46)49/h5-20,28,35,38-39,42,47H,21-27H2,1-4H3. The van der Waals surface area contributed by atoms with Gasteiger partial charge in [-0.3, -0.25) is 19.4 Å². The van der Waals surface area contributed by atoms with E-state index in [0.717, 1.165) is 46.5 Å². The number of likely N-dealkylation sites (tertiary alicyclic amines) is 1. The number of amides is 2. The number of nitrogens with zero attached hydrogens (tertiary/aromatic N) is 2. The average Bonchev–Trinajstić information content (AvgIpc) is 3.51. The van der Waals surface area contributed by atoms with E-state index >= 15 is 0 Å². The molecule has 4 aliphatic rings. The van der Waals surface area contributed by atoms with Crippen molar-refractivity contribution in [2.75, 3.05) is 13.1 Å². The number of imide groups is 1. The largest absolute Gasteiger partial charge is 0.392 e. The molecular weight excluding hydrogens is 636 g/mol. The van der Waals surface area contributed by atoms with E-state index in [4.69, 9.17) is 9.47 Å². The van der Waals surface area contributed by atoms with Crippen LogP contribution in [0.5, 0.6) is 0 Å². The fourth-order valence-electron chi connectivity index (χ4n) is 9.60. The molecule has 1 aliphatic carbocycles. The number of carbonyl (C=O) groups excluding carboxylic acids is 2. The summed E-state index contributed by atoms with van der Waals surface area (Å²) in [4.78, 5) is 30.0. The highest BCUT2D eigenvalue weighted by atomic mass is 16.7. The lowest BCUT2D eigenvalue weighted by Crippen LogP contribution is -2.46. The fourth-order valence-corrected chi connectivity index (χ4v) is 9.60. The number of ether oxygens (including phenoxy) is 2. The lowest BCUT2D eigenvalue weighted by atomic mass is 9.65. The van der Waals surface area contributed by atoms with Gasteiger partial charge in [0.15, 0.2) is 6.29 Å². The Morgan fingerprint density at radius 2 is 1.45 bits per heavy atom. The van der Waals surface area contributed by atoms with Gasteiger partial charge in [-0.1, -0.05) is 107 Å². The highest BCUT2D eigenvalue weighted by molar-refractivity contribution is 6.21. The maximum absolute atomic E-state index is 13.0. The smallest absolute Gasteiger partial charge is 0.261 e. The van der Waals surface area contributed by atoms with Crippen LogP contribution in [0.2, 0.25) is 0 Å². The van der Waals surface area contributed by atoms with E-state index in [0.29, 0.717) is 28.0 Å². The van der Waals surface area contributed by atoms with Crippen molar-refractivity contribution < 1.29 is 24.2 Å². The second kappa shape index (κ2) is 13.1. The van der Waals surface area contributed by atoms with Crippen molar-refractivity contribution in [3.63, 3.8) is 0 Å². The van der Waals surface area contributed by atoms with Crippen LogP contribution >= 0.6 is 0 Å². The van der Waals surface area contributed by atoms with Gasteiger partial charge in [0, 0.05) is 30.6 Å². The quantitative estimate of drug-likeness (QED) is 0.188. The Balaban J connectivity index is 1.02. The van der Waals surface area contributed by atoms with Gasteiger partial charge >= 0.3 is 0 Å². The summed E-state index contributed by atoms with van der Waals surface area (Å²) in [7, 11) is 0. The monoisotopic (exact) mass is 684 g/mol. The second-order valence-corrected chi connectivity index (χ2v) is 16.5. The van der Waals surface area contributed by atoms with Crippen LogP contribution in [0.3, 0.4) is 0 Å². The van der Waals surface area contributed by atoms with Gasteiger partial charge in [0.25, 0.3) is 11.8 Å². The van der Waals surface area contributed by atoms with Crippen LogP contribution in [0.4, 0.5) is 0 Å². The van der Waals surface area contributed by atoms with Gasteiger partial charge in [0.1, 0.15) is 0 Å². The molecule has 7 nitrogen and oxygen atoms in total. The van der Waals surface area contributed by atoms with Gasteiger partial charge in [-0.2, -0.15) is 0 Å². The summed E-state index contributed by atoms with van der Waals surface area (Å²) >= 11 is 0. The topological polar surface area (TPSA) is 79.3 Å². The first kappa shape index (κ1) is 34.0. The molecule has 0 spiro atoms. The predicted molar refractivity (Wildman–Crippen MR) is 197 cm³/mol. The lowest BCUT2D eigenvalue weighted by Gasteiger charge is -2.43. The molecule has 3 fully saturated rings. The molecule has 4 aromatic carbocycles. The highest BCUT2D eigenvalue weighted by Crippen LogP contribution is 2.53. The Morgan fingerprint density at radius 3 is 2.14 bits per heavy atom. The minimum Gasteiger partial charge on any atom is -0.392 e. The number of benzene rings is 4. The molecule has 7 heteroatoms. The van der Waals surface area contributed by atoms with E-state index in [1.807, 2.05) is 36.4 Å². The number of hydrogen-bond donors (Lipinski definition) is 1. The van der Waals surface area contributed by atoms with Gasteiger partial charge in [0.05, 0.1) is 36.5 Å². The van der Waals surface area contributed by atoms with Crippen LogP contribution < -0.4 is 0 Å². The molecule has 6 unspecified atom stereocenters. The maximum atomic E-state index is 13.0. The Bertz CT molecular complexity index is 1900.